The van der Waals surface area contributed by atoms with Gasteiger partial charge in [0, 0.05) is 10.9 Å². The number of furan rings is 1. The lowest BCUT2D eigenvalue weighted by Gasteiger charge is -2.17. The Bertz CT molecular complexity index is 830. The predicted octanol–water partition coefficient (Wildman–Crippen LogP) is 4.93. The fourth-order valence-corrected chi connectivity index (χ4v) is 2.83. The number of hydrogen-bond donors (Lipinski definition) is 1. The molecule has 0 bridgehead atoms. The largest absolute Gasteiger partial charge is 0.451 e. The molecule has 1 amide bonds. The smallest absolute Gasteiger partial charge is 0.287 e. The van der Waals surface area contributed by atoms with Crippen molar-refractivity contribution < 1.29 is 9.21 Å². The molecular formula is C20H21NO2. The molecule has 23 heavy (non-hydrogen) atoms. The van der Waals surface area contributed by atoms with Crippen molar-refractivity contribution in [3.63, 3.8) is 0 Å². The number of benzene rings is 2. The quantitative estimate of drug-likeness (QED) is 0.742. The van der Waals surface area contributed by atoms with Crippen molar-refractivity contribution in [1.29, 1.82) is 0 Å². The van der Waals surface area contributed by atoms with Gasteiger partial charge >= 0.3 is 0 Å². The van der Waals surface area contributed by atoms with Gasteiger partial charge in [0.15, 0.2) is 5.76 Å². The second-order valence-electron chi connectivity index (χ2n) is 5.90. The van der Waals surface area contributed by atoms with Crippen LogP contribution in [0.1, 0.15) is 46.6 Å². The topological polar surface area (TPSA) is 42.2 Å². The van der Waals surface area contributed by atoms with Crippen LogP contribution >= 0.6 is 0 Å². The number of nitrogens with one attached hydrogen (secondary N) is 1. The van der Waals surface area contributed by atoms with Crippen molar-refractivity contribution >= 4 is 16.9 Å². The minimum absolute atomic E-state index is 0.0179. The lowest BCUT2D eigenvalue weighted by molar-refractivity contribution is 0.0909. The minimum Gasteiger partial charge on any atom is -0.451 e. The van der Waals surface area contributed by atoms with E-state index in [0.717, 1.165) is 28.5 Å². The lowest BCUT2D eigenvalue weighted by Crippen LogP contribution is -2.28. The number of carbonyl (C=O) groups is 1. The Morgan fingerprint density at radius 2 is 1.78 bits per heavy atom. The fraction of sp³-hybridized carbons (Fsp3) is 0.250. The van der Waals surface area contributed by atoms with E-state index in [4.69, 9.17) is 4.42 Å². The zero-order valence-electron chi connectivity index (χ0n) is 13.7. The number of hydrogen-bond acceptors (Lipinski definition) is 2. The normalized spacial score (nSPS) is 12.3. The number of carbonyl (C=O) groups excluding carboxylic acids is 1. The van der Waals surface area contributed by atoms with Crippen LogP contribution in [0.3, 0.4) is 0 Å². The second-order valence-corrected chi connectivity index (χ2v) is 5.90. The summed E-state index contributed by atoms with van der Waals surface area (Å²) in [5, 5.41) is 4.07. The van der Waals surface area contributed by atoms with Crippen molar-refractivity contribution in [3.05, 3.63) is 71.0 Å². The highest BCUT2D eigenvalue weighted by Crippen LogP contribution is 2.26. The van der Waals surface area contributed by atoms with Gasteiger partial charge in [-0.15, -0.1) is 0 Å². The summed E-state index contributed by atoms with van der Waals surface area (Å²) in [5.41, 5.74) is 3.96. The molecule has 3 aromatic rings. The number of amides is 1. The Balaban J connectivity index is 1.86. The highest BCUT2D eigenvalue weighted by molar-refractivity contribution is 5.99. The van der Waals surface area contributed by atoms with Gasteiger partial charge in [-0.05, 0) is 31.9 Å². The average molecular weight is 307 g/mol. The van der Waals surface area contributed by atoms with Crippen LogP contribution in [-0.4, -0.2) is 5.91 Å². The molecule has 2 aromatic carbocycles. The molecule has 0 spiro atoms. The molecule has 1 atom stereocenters. The molecule has 118 valence electrons. The van der Waals surface area contributed by atoms with Gasteiger partial charge < -0.3 is 9.73 Å². The fourth-order valence-electron chi connectivity index (χ4n) is 2.83. The van der Waals surface area contributed by atoms with Crippen molar-refractivity contribution in [3.8, 4) is 0 Å². The van der Waals surface area contributed by atoms with Gasteiger partial charge in [0.2, 0.25) is 0 Å². The maximum absolute atomic E-state index is 12.6. The third kappa shape index (κ3) is 3.00. The Labute approximate surface area is 136 Å². The van der Waals surface area contributed by atoms with E-state index in [1.165, 1.54) is 5.56 Å². The molecule has 0 fully saturated rings. The summed E-state index contributed by atoms with van der Waals surface area (Å²) in [4.78, 5) is 12.6. The van der Waals surface area contributed by atoms with E-state index in [2.05, 4.69) is 43.4 Å². The van der Waals surface area contributed by atoms with E-state index in [-0.39, 0.29) is 11.9 Å². The Morgan fingerprint density at radius 1 is 1.09 bits per heavy atom. The summed E-state index contributed by atoms with van der Waals surface area (Å²) in [6.07, 6.45) is 0.827. The summed E-state index contributed by atoms with van der Waals surface area (Å²) < 4.78 is 5.75. The molecule has 0 saturated carbocycles. The Hall–Kier alpha value is -2.55. The van der Waals surface area contributed by atoms with Gasteiger partial charge in [-0.2, -0.15) is 0 Å². The molecule has 0 saturated heterocycles. The first-order valence-electron chi connectivity index (χ1n) is 7.95. The predicted molar refractivity (Wildman–Crippen MR) is 92.6 cm³/mol. The standard InChI is InChI=1S/C20H21NO2/c1-4-17(15-11-9-13(2)10-12-15)21-20(22)19-14(3)16-7-5-6-8-18(16)23-19/h5-12,17H,4H2,1-3H3,(H,21,22)/t17-/m1/s1. The molecule has 3 nitrogen and oxygen atoms in total. The van der Waals surface area contributed by atoms with Crippen molar-refractivity contribution in [2.75, 3.05) is 0 Å². The number of para-hydroxylation sites is 1. The number of rotatable bonds is 4. The summed E-state index contributed by atoms with van der Waals surface area (Å²) in [6, 6.07) is 16.0. The van der Waals surface area contributed by atoms with Gasteiger partial charge in [0.05, 0.1) is 6.04 Å². The van der Waals surface area contributed by atoms with Crippen molar-refractivity contribution in [2.24, 2.45) is 0 Å². The first-order valence-corrected chi connectivity index (χ1v) is 7.95. The summed E-state index contributed by atoms with van der Waals surface area (Å²) in [7, 11) is 0. The molecule has 3 heteroatoms. The van der Waals surface area contributed by atoms with Crippen LogP contribution in [0.15, 0.2) is 52.9 Å². The highest BCUT2D eigenvalue weighted by atomic mass is 16.3. The maximum atomic E-state index is 12.6. The zero-order valence-corrected chi connectivity index (χ0v) is 13.7. The Morgan fingerprint density at radius 3 is 2.43 bits per heavy atom. The molecule has 3 rings (SSSR count). The highest BCUT2D eigenvalue weighted by Gasteiger charge is 2.20. The molecule has 0 aliphatic heterocycles. The summed E-state index contributed by atoms with van der Waals surface area (Å²) >= 11 is 0. The second kappa shape index (κ2) is 6.29. The third-order valence-electron chi connectivity index (χ3n) is 4.24. The van der Waals surface area contributed by atoms with E-state index in [9.17, 15) is 4.79 Å². The molecule has 0 aliphatic rings. The van der Waals surface area contributed by atoms with Crippen LogP contribution in [0.5, 0.6) is 0 Å². The van der Waals surface area contributed by atoms with E-state index in [1.807, 2.05) is 31.2 Å². The van der Waals surface area contributed by atoms with Crippen LogP contribution < -0.4 is 5.32 Å². The number of fused-ring (bicyclic) bond motifs is 1. The lowest BCUT2D eigenvalue weighted by atomic mass is 10.0. The zero-order chi connectivity index (χ0) is 16.4. The van der Waals surface area contributed by atoms with Gasteiger partial charge in [-0.25, -0.2) is 0 Å². The van der Waals surface area contributed by atoms with Gasteiger partial charge in [0.25, 0.3) is 5.91 Å². The summed E-state index contributed by atoms with van der Waals surface area (Å²) in [6.45, 7) is 6.05. The minimum atomic E-state index is -0.161. The summed E-state index contributed by atoms with van der Waals surface area (Å²) in [5.74, 6) is 0.239. The maximum Gasteiger partial charge on any atom is 0.287 e. The molecule has 0 aliphatic carbocycles. The molecule has 0 radical (unpaired) electrons. The van der Waals surface area contributed by atoms with Crippen LogP contribution in [0.25, 0.3) is 11.0 Å². The van der Waals surface area contributed by atoms with Crippen LogP contribution in [0, 0.1) is 13.8 Å². The number of aryl methyl sites for hydroxylation is 2. The van der Waals surface area contributed by atoms with Crippen LogP contribution in [-0.2, 0) is 0 Å². The molecule has 0 unspecified atom stereocenters. The molecule has 1 aromatic heterocycles. The van der Waals surface area contributed by atoms with Gasteiger partial charge in [-0.3, -0.25) is 4.79 Å². The monoisotopic (exact) mass is 307 g/mol. The van der Waals surface area contributed by atoms with E-state index in [0.29, 0.717) is 5.76 Å². The third-order valence-corrected chi connectivity index (χ3v) is 4.24. The van der Waals surface area contributed by atoms with Crippen LogP contribution in [0.2, 0.25) is 0 Å². The van der Waals surface area contributed by atoms with E-state index < -0.39 is 0 Å². The van der Waals surface area contributed by atoms with Crippen molar-refractivity contribution in [2.45, 2.75) is 33.2 Å². The molecular weight excluding hydrogens is 286 g/mol. The molecule has 1 N–H and O–H groups in total. The van der Waals surface area contributed by atoms with Crippen molar-refractivity contribution in [1.82, 2.24) is 5.32 Å². The van der Waals surface area contributed by atoms with E-state index in [1.54, 1.807) is 0 Å². The first-order chi connectivity index (χ1) is 11.1. The van der Waals surface area contributed by atoms with Gasteiger partial charge in [-0.1, -0.05) is 55.0 Å². The van der Waals surface area contributed by atoms with Crippen LogP contribution in [0.4, 0.5) is 0 Å². The average Bonchev–Trinajstić information content (AvgIpc) is 2.91. The first kappa shape index (κ1) is 15.3. The Kier molecular flexibility index (Phi) is 4.20. The van der Waals surface area contributed by atoms with Gasteiger partial charge in [0.1, 0.15) is 5.58 Å². The SMILES string of the molecule is CC[C@@H](NC(=O)c1oc2ccccc2c1C)c1ccc(C)cc1. The molecule has 1 heterocycles. The van der Waals surface area contributed by atoms with E-state index >= 15 is 0 Å².